The van der Waals surface area contributed by atoms with Crippen molar-refractivity contribution in [2.45, 2.75) is 26.3 Å². The molecular weight excluding hydrogens is 214 g/mol. The number of phenols is 1. The number of rotatable bonds is 7. The number of hydrogen-bond acceptors (Lipinski definition) is 3. The zero-order chi connectivity index (χ0) is 12.5. The van der Waals surface area contributed by atoms with E-state index in [0.29, 0.717) is 18.9 Å². The summed E-state index contributed by atoms with van der Waals surface area (Å²) in [6, 6.07) is 5.52. The lowest BCUT2D eigenvalue weighted by atomic mass is 10.2. The predicted molar refractivity (Wildman–Crippen MR) is 69.0 cm³/mol. The number of phenolic OH excluding ortho intramolecular Hbond substituents is 1. The average molecular weight is 233 g/mol. The van der Waals surface area contributed by atoms with Gasteiger partial charge in [0.15, 0.2) is 11.5 Å². The second kappa shape index (κ2) is 7.59. The summed E-state index contributed by atoms with van der Waals surface area (Å²) in [5.41, 5.74) is 0.844. The SMILES string of the molecule is C#CCCCNCc1cccc(OCC)c1O. The van der Waals surface area contributed by atoms with E-state index in [1.54, 1.807) is 6.07 Å². The Hall–Kier alpha value is -1.66. The Labute approximate surface area is 103 Å². The van der Waals surface area contributed by atoms with Crippen LogP contribution in [0, 0.1) is 12.3 Å². The van der Waals surface area contributed by atoms with Crippen molar-refractivity contribution in [3.05, 3.63) is 23.8 Å². The van der Waals surface area contributed by atoms with E-state index in [2.05, 4.69) is 11.2 Å². The second-order valence-electron chi connectivity index (χ2n) is 3.68. The fourth-order valence-electron chi connectivity index (χ4n) is 1.52. The molecule has 1 aromatic carbocycles. The molecule has 3 nitrogen and oxygen atoms in total. The van der Waals surface area contributed by atoms with Gasteiger partial charge in [0.05, 0.1) is 6.61 Å². The molecule has 0 saturated carbocycles. The van der Waals surface area contributed by atoms with Gasteiger partial charge in [-0.1, -0.05) is 12.1 Å². The van der Waals surface area contributed by atoms with Crippen molar-refractivity contribution < 1.29 is 9.84 Å². The summed E-state index contributed by atoms with van der Waals surface area (Å²) in [4.78, 5) is 0. The molecule has 0 heterocycles. The van der Waals surface area contributed by atoms with Gasteiger partial charge in [-0.05, 0) is 26.0 Å². The first-order chi connectivity index (χ1) is 8.29. The lowest BCUT2D eigenvalue weighted by Crippen LogP contribution is -2.14. The van der Waals surface area contributed by atoms with E-state index < -0.39 is 0 Å². The van der Waals surface area contributed by atoms with E-state index >= 15 is 0 Å². The molecule has 0 aromatic heterocycles. The minimum atomic E-state index is 0.221. The molecule has 0 spiro atoms. The monoisotopic (exact) mass is 233 g/mol. The molecule has 2 N–H and O–H groups in total. The Morgan fingerprint density at radius 1 is 1.47 bits per heavy atom. The molecule has 0 fully saturated rings. The summed E-state index contributed by atoms with van der Waals surface area (Å²) in [6.45, 7) is 3.91. The Balaban J connectivity index is 2.48. The van der Waals surface area contributed by atoms with Crippen molar-refractivity contribution in [2.24, 2.45) is 0 Å². The molecule has 0 saturated heterocycles. The predicted octanol–water partition coefficient (Wildman–Crippen LogP) is 2.29. The van der Waals surface area contributed by atoms with Crippen LogP contribution in [0.15, 0.2) is 18.2 Å². The van der Waals surface area contributed by atoms with Gasteiger partial charge in [-0.25, -0.2) is 0 Å². The van der Waals surface area contributed by atoms with Gasteiger partial charge in [0.25, 0.3) is 0 Å². The minimum absolute atomic E-state index is 0.221. The smallest absolute Gasteiger partial charge is 0.162 e. The fourth-order valence-corrected chi connectivity index (χ4v) is 1.52. The molecule has 0 aliphatic carbocycles. The molecule has 0 unspecified atom stereocenters. The highest BCUT2D eigenvalue weighted by molar-refractivity contribution is 5.45. The number of nitrogens with one attached hydrogen (secondary N) is 1. The van der Waals surface area contributed by atoms with Gasteiger partial charge in [0.1, 0.15) is 0 Å². The number of hydrogen-bond donors (Lipinski definition) is 2. The summed E-state index contributed by atoms with van der Waals surface area (Å²) in [5.74, 6) is 3.35. The van der Waals surface area contributed by atoms with Crippen molar-refractivity contribution in [3.63, 3.8) is 0 Å². The maximum atomic E-state index is 9.93. The Morgan fingerprint density at radius 3 is 3.00 bits per heavy atom. The molecule has 0 bridgehead atoms. The van der Waals surface area contributed by atoms with Crippen LogP contribution in [0.4, 0.5) is 0 Å². The topological polar surface area (TPSA) is 41.5 Å². The van der Waals surface area contributed by atoms with Crippen molar-refractivity contribution in [1.82, 2.24) is 5.32 Å². The van der Waals surface area contributed by atoms with Crippen LogP contribution in [-0.2, 0) is 6.54 Å². The van der Waals surface area contributed by atoms with E-state index in [0.717, 1.165) is 24.9 Å². The van der Waals surface area contributed by atoms with Crippen LogP contribution in [-0.4, -0.2) is 18.3 Å². The first-order valence-corrected chi connectivity index (χ1v) is 5.87. The quantitative estimate of drug-likeness (QED) is 0.561. The molecule has 3 heteroatoms. The summed E-state index contributed by atoms with van der Waals surface area (Å²) in [7, 11) is 0. The largest absolute Gasteiger partial charge is 0.504 e. The van der Waals surface area contributed by atoms with Crippen molar-refractivity contribution in [2.75, 3.05) is 13.2 Å². The van der Waals surface area contributed by atoms with E-state index in [4.69, 9.17) is 11.2 Å². The van der Waals surface area contributed by atoms with E-state index in [-0.39, 0.29) is 5.75 Å². The third-order valence-corrected chi connectivity index (χ3v) is 2.37. The van der Waals surface area contributed by atoms with Gasteiger partial charge >= 0.3 is 0 Å². The van der Waals surface area contributed by atoms with Crippen LogP contribution in [0.5, 0.6) is 11.5 Å². The Bertz CT molecular complexity index is 382. The van der Waals surface area contributed by atoms with E-state index in [1.807, 2.05) is 19.1 Å². The maximum Gasteiger partial charge on any atom is 0.162 e. The van der Waals surface area contributed by atoms with Gasteiger partial charge in [-0.3, -0.25) is 0 Å². The molecule has 92 valence electrons. The van der Waals surface area contributed by atoms with Gasteiger partial charge in [-0.15, -0.1) is 12.3 Å². The molecule has 0 radical (unpaired) electrons. The second-order valence-corrected chi connectivity index (χ2v) is 3.68. The number of benzene rings is 1. The molecule has 1 rings (SSSR count). The van der Waals surface area contributed by atoms with Gasteiger partial charge in [0, 0.05) is 18.5 Å². The standard InChI is InChI=1S/C14H19NO2/c1-3-5-6-10-15-11-12-8-7-9-13(14(12)16)17-4-2/h1,7-9,15-16H,4-6,10-11H2,2H3. The highest BCUT2D eigenvalue weighted by atomic mass is 16.5. The molecule has 1 aromatic rings. The lowest BCUT2D eigenvalue weighted by molar-refractivity contribution is 0.316. The van der Waals surface area contributed by atoms with Crippen LogP contribution in [0.3, 0.4) is 0 Å². The zero-order valence-corrected chi connectivity index (χ0v) is 10.2. The lowest BCUT2D eigenvalue weighted by Gasteiger charge is -2.10. The third-order valence-electron chi connectivity index (χ3n) is 2.37. The summed E-state index contributed by atoms with van der Waals surface area (Å²) >= 11 is 0. The van der Waals surface area contributed by atoms with E-state index in [1.165, 1.54) is 0 Å². The van der Waals surface area contributed by atoms with Gasteiger partial charge in [0.2, 0.25) is 0 Å². The molecular formula is C14H19NO2. The highest BCUT2D eigenvalue weighted by Gasteiger charge is 2.06. The maximum absolute atomic E-state index is 9.93. The Morgan fingerprint density at radius 2 is 2.29 bits per heavy atom. The number of para-hydroxylation sites is 1. The van der Waals surface area contributed by atoms with Crippen molar-refractivity contribution in [3.8, 4) is 23.8 Å². The summed E-state index contributed by atoms with van der Waals surface area (Å²) in [5, 5.41) is 13.2. The number of aromatic hydroxyl groups is 1. The van der Waals surface area contributed by atoms with Crippen LogP contribution in [0.1, 0.15) is 25.3 Å². The van der Waals surface area contributed by atoms with Crippen molar-refractivity contribution in [1.29, 1.82) is 0 Å². The molecule has 17 heavy (non-hydrogen) atoms. The fraction of sp³-hybridized carbons (Fsp3) is 0.429. The summed E-state index contributed by atoms with van der Waals surface area (Å²) < 4.78 is 5.32. The first-order valence-electron chi connectivity index (χ1n) is 5.87. The van der Waals surface area contributed by atoms with Gasteiger partial charge < -0.3 is 15.2 Å². The third kappa shape index (κ3) is 4.38. The van der Waals surface area contributed by atoms with Gasteiger partial charge in [-0.2, -0.15) is 0 Å². The van der Waals surface area contributed by atoms with Crippen LogP contribution < -0.4 is 10.1 Å². The van der Waals surface area contributed by atoms with Crippen molar-refractivity contribution >= 4 is 0 Å². The normalized spacial score (nSPS) is 9.88. The number of unbranched alkanes of at least 4 members (excludes halogenated alkanes) is 1. The summed E-state index contributed by atoms with van der Waals surface area (Å²) in [6.07, 6.45) is 6.89. The molecule has 0 atom stereocenters. The first kappa shape index (κ1) is 13.4. The van der Waals surface area contributed by atoms with E-state index in [9.17, 15) is 5.11 Å². The average Bonchev–Trinajstić information content (AvgIpc) is 2.33. The molecule has 0 amide bonds. The molecule has 0 aliphatic rings. The molecule has 0 aliphatic heterocycles. The zero-order valence-electron chi connectivity index (χ0n) is 10.2. The minimum Gasteiger partial charge on any atom is -0.504 e. The van der Waals surface area contributed by atoms with Crippen LogP contribution >= 0.6 is 0 Å². The number of ether oxygens (including phenoxy) is 1. The van der Waals surface area contributed by atoms with Crippen LogP contribution in [0.25, 0.3) is 0 Å². The number of terminal acetylenes is 1. The van der Waals surface area contributed by atoms with Crippen LogP contribution in [0.2, 0.25) is 0 Å². The highest BCUT2D eigenvalue weighted by Crippen LogP contribution is 2.29. The Kier molecular flexibility index (Phi) is 5.98.